The van der Waals surface area contributed by atoms with Gasteiger partial charge in [0.2, 0.25) is 0 Å². The molecule has 0 aromatic carbocycles. The summed E-state index contributed by atoms with van der Waals surface area (Å²) < 4.78 is 0. The fourth-order valence-corrected chi connectivity index (χ4v) is 6.50. The van der Waals surface area contributed by atoms with Gasteiger partial charge in [-0.25, -0.2) is 0 Å². The van der Waals surface area contributed by atoms with E-state index in [1.54, 1.807) is 17.1 Å². The van der Waals surface area contributed by atoms with Crippen LogP contribution < -0.4 is 0 Å². The molecule has 115 valence electrons. The first kappa shape index (κ1) is 14.0. The molecule has 1 nitrogen and oxygen atoms in total. The first-order valence-corrected chi connectivity index (χ1v) is 9.06. The lowest BCUT2D eigenvalue weighted by molar-refractivity contribution is -0.119. The number of carbonyl (C=O) groups excluding carboxylic acids is 1. The maximum Gasteiger partial charge on any atom is 0.137 e. The molecule has 0 saturated heterocycles. The molecule has 0 unspecified atom stereocenters. The Bertz CT molecular complexity index is 502. The minimum atomic E-state index is 0.491. The van der Waals surface area contributed by atoms with Crippen molar-refractivity contribution in [1.29, 1.82) is 0 Å². The van der Waals surface area contributed by atoms with Gasteiger partial charge in [-0.1, -0.05) is 31.9 Å². The number of hydrogen-bond acceptors (Lipinski definition) is 1. The van der Waals surface area contributed by atoms with Crippen LogP contribution in [-0.4, -0.2) is 5.78 Å². The van der Waals surface area contributed by atoms with Gasteiger partial charge < -0.3 is 0 Å². The van der Waals surface area contributed by atoms with Crippen molar-refractivity contribution in [3.8, 4) is 0 Å². The minimum Gasteiger partial charge on any atom is -0.299 e. The molecule has 21 heavy (non-hydrogen) atoms. The van der Waals surface area contributed by atoms with Crippen LogP contribution in [0.25, 0.3) is 0 Å². The number of allylic oxidation sites excluding steroid dienone is 2. The summed E-state index contributed by atoms with van der Waals surface area (Å²) in [7, 11) is 0. The number of fused-ring (bicyclic) bond motifs is 4. The van der Waals surface area contributed by atoms with E-state index in [0.29, 0.717) is 11.2 Å². The molecule has 0 heterocycles. The van der Waals surface area contributed by atoms with Gasteiger partial charge in [0.1, 0.15) is 5.78 Å². The Kier molecular flexibility index (Phi) is 3.14. The van der Waals surface area contributed by atoms with Crippen molar-refractivity contribution >= 4 is 5.78 Å². The standard InChI is InChI=1S/C20H29O/c1-12-10-14-11-15(21)5-6-16(14)17-8-9-20(3)13(2)4-7-18(20)19(12)17/h12,17-19H,4-11H2,1-3H3/t12-,17-,18+,19-,20-/m1/s1. The summed E-state index contributed by atoms with van der Waals surface area (Å²) in [5.41, 5.74) is 3.82. The summed E-state index contributed by atoms with van der Waals surface area (Å²) in [6.45, 7) is 7.44. The first-order valence-electron chi connectivity index (χ1n) is 9.06. The highest BCUT2D eigenvalue weighted by atomic mass is 16.1. The van der Waals surface area contributed by atoms with Crippen molar-refractivity contribution in [3.05, 3.63) is 17.1 Å². The first-order chi connectivity index (χ1) is 10.0. The largest absolute Gasteiger partial charge is 0.299 e. The fourth-order valence-electron chi connectivity index (χ4n) is 6.50. The normalized spacial score (nSPS) is 47.1. The Hall–Kier alpha value is -0.590. The van der Waals surface area contributed by atoms with Crippen LogP contribution in [0.1, 0.15) is 72.1 Å². The summed E-state index contributed by atoms with van der Waals surface area (Å²) >= 11 is 0. The monoisotopic (exact) mass is 285 g/mol. The molecule has 0 aromatic heterocycles. The molecule has 4 rings (SSSR count). The lowest BCUT2D eigenvalue weighted by Crippen LogP contribution is -2.46. The van der Waals surface area contributed by atoms with Crippen LogP contribution in [-0.2, 0) is 4.79 Å². The Morgan fingerprint density at radius 3 is 2.76 bits per heavy atom. The number of rotatable bonds is 0. The quantitative estimate of drug-likeness (QED) is 0.565. The molecule has 2 fully saturated rings. The van der Waals surface area contributed by atoms with E-state index in [1.165, 1.54) is 32.1 Å². The molecular formula is C20H29O. The third-order valence-corrected chi connectivity index (χ3v) is 7.74. The average molecular weight is 285 g/mol. The number of hydrogen-bond donors (Lipinski definition) is 0. The van der Waals surface area contributed by atoms with Crippen molar-refractivity contribution in [2.24, 2.45) is 29.1 Å². The molecular weight excluding hydrogens is 256 g/mol. The highest BCUT2D eigenvalue weighted by molar-refractivity contribution is 5.82. The molecule has 2 saturated carbocycles. The summed E-state index contributed by atoms with van der Waals surface area (Å²) in [6, 6.07) is 0. The number of Topliss-reactive ketones (excluding diaryl/α,β-unsaturated/α-hetero) is 1. The second kappa shape index (κ2) is 4.70. The maximum absolute atomic E-state index is 11.8. The molecule has 5 atom stereocenters. The zero-order valence-corrected chi connectivity index (χ0v) is 13.9. The van der Waals surface area contributed by atoms with Crippen LogP contribution in [0.2, 0.25) is 0 Å². The van der Waals surface area contributed by atoms with Gasteiger partial charge >= 0.3 is 0 Å². The van der Waals surface area contributed by atoms with Crippen LogP contribution in [0.3, 0.4) is 0 Å². The van der Waals surface area contributed by atoms with E-state index in [9.17, 15) is 4.79 Å². The van der Waals surface area contributed by atoms with E-state index in [0.717, 1.165) is 42.9 Å². The third kappa shape index (κ3) is 1.92. The predicted octanol–water partition coefficient (Wildman–Crippen LogP) is 5.11. The summed E-state index contributed by atoms with van der Waals surface area (Å²) in [5.74, 6) is 5.68. The van der Waals surface area contributed by atoms with Crippen molar-refractivity contribution in [2.75, 3.05) is 0 Å². The van der Waals surface area contributed by atoms with Crippen molar-refractivity contribution in [2.45, 2.75) is 72.1 Å². The van der Waals surface area contributed by atoms with Crippen LogP contribution in [0.5, 0.6) is 0 Å². The number of carbonyl (C=O) groups is 1. The SMILES string of the molecule is C[C]1CC[C@H]2[C@@H]3[C@H](C)CC4=C(CCC(=O)C4)[C@H]3CC[C@]12C. The van der Waals surface area contributed by atoms with Crippen LogP contribution in [0, 0.1) is 35.0 Å². The van der Waals surface area contributed by atoms with Gasteiger partial charge in [0, 0.05) is 12.8 Å². The van der Waals surface area contributed by atoms with E-state index >= 15 is 0 Å². The molecule has 0 N–H and O–H groups in total. The van der Waals surface area contributed by atoms with E-state index in [2.05, 4.69) is 20.8 Å². The van der Waals surface area contributed by atoms with E-state index in [1.807, 2.05) is 0 Å². The summed E-state index contributed by atoms with van der Waals surface area (Å²) in [6.07, 6.45) is 9.48. The van der Waals surface area contributed by atoms with Gasteiger partial charge in [-0.15, -0.1) is 0 Å². The topological polar surface area (TPSA) is 17.1 Å². The fraction of sp³-hybridized carbons (Fsp3) is 0.800. The minimum absolute atomic E-state index is 0.491. The molecule has 0 bridgehead atoms. The Balaban J connectivity index is 1.70. The molecule has 0 aliphatic heterocycles. The predicted molar refractivity (Wildman–Crippen MR) is 85.6 cm³/mol. The van der Waals surface area contributed by atoms with E-state index in [-0.39, 0.29) is 0 Å². The zero-order valence-electron chi connectivity index (χ0n) is 13.9. The molecule has 0 amide bonds. The van der Waals surface area contributed by atoms with Gasteiger partial charge in [-0.3, -0.25) is 4.79 Å². The molecule has 0 spiro atoms. The van der Waals surface area contributed by atoms with Gasteiger partial charge in [0.25, 0.3) is 0 Å². The van der Waals surface area contributed by atoms with Crippen LogP contribution >= 0.6 is 0 Å². The van der Waals surface area contributed by atoms with Crippen LogP contribution in [0.4, 0.5) is 0 Å². The van der Waals surface area contributed by atoms with Gasteiger partial charge in [0.15, 0.2) is 0 Å². The van der Waals surface area contributed by atoms with Crippen molar-refractivity contribution < 1.29 is 4.79 Å². The zero-order chi connectivity index (χ0) is 14.8. The lowest BCUT2D eigenvalue weighted by Gasteiger charge is -2.54. The molecule has 1 radical (unpaired) electrons. The summed E-state index contributed by atoms with van der Waals surface area (Å²) in [5, 5.41) is 0. The van der Waals surface area contributed by atoms with Crippen molar-refractivity contribution in [1.82, 2.24) is 0 Å². The van der Waals surface area contributed by atoms with Gasteiger partial charge in [0.05, 0.1) is 0 Å². The Morgan fingerprint density at radius 1 is 1.14 bits per heavy atom. The highest BCUT2D eigenvalue weighted by Crippen LogP contribution is 2.64. The van der Waals surface area contributed by atoms with Crippen molar-refractivity contribution in [3.63, 3.8) is 0 Å². The third-order valence-electron chi connectivity index (χ3n) is 7.74. The highest BCUT2D eigenvalue weighted by Gasteiger charge is 2.55. The Morgan fingerprint density at radius 2 is 1.95 bits per heavy atom. The van der Waals surface area contributed by atoms with Gasteiger partial charge in [-0.05, 0) is 73.5 Å². The maximum atomic E-state index is 11.8. The smallest absolute Gasteiger partial charge is 0.137 e. The molecule has 4 aliphatic rings. The lowest BCUT2D eigenvalue weighted by atomic mass is 9.51. The molecule has 4 aliphatic carbocycles. The second-order valence-corrected chi connectivity index (χ2v) is 8.59. The van der Waals surface area contributed by atoms with Gasteiger partial charge in [-0.2, -0.15) is 0 Å². The number of ketones is 1. The van der Waals surface area contributed by atoms with Crippen LogP contribution in [0.15, 0.2) is 11.1 Å². The Labute approximate surface area is 129 Å². The van der Waals surface area contributed by atoms with E-state index < -0.39 is 0 Å². The second-order valence-electron chi connectivity index (χ2n) is 8.59. The van der Waals surface area contributed by atoms with E-state index in [4.69, 9.17) is 0 Å². The summed E-state index contributed by atoms with van der Waals surface area (Å²) in [4.78, 5) is 11.8. The molecule has 0 aromatic rings. The average Bonchev–Trinajstić information content (AvgIpc) is 2.74. The molecule has 1 heteroatoms.